The van der Waals surface area contributed by atoms with Gasteiger partial charge in [-0.2, -0.15) is 10.2 Å². The first kappa shape index (κ1) is 23.7. The second-order valence-corrected chi connectivity index (χ2v) is 10.8. The van der Waals surface area contributed by atoms with E-state index in [0.29, 0.717) is 23.4 Å². The Kier molecular flexibility index (Phi) is 7.00. The van der Waals surface area contributed by atoms with Crippen LogP contribution in [0.3, 0.4) is 0 Å². The Hall–Kier alpha value is -2.99. The molecule has 0 amide bonds. The second kappa shape index (κ2) is 10.3. The van der Waals surface area contributed by atoms with Gasteiger partial charge in [0.1, 0.15) is 10.4 Å². The van der Waals surface area contributed by atoms with E-state index in [0.717, 1.165) is 64.0 Å². The average molecular weight is 549 g/mol. The number of piperidine rings is 1. The molecule has 0 atom stereocenters. The number of likely N-dealkylation sites (tertiary alicyclic amines) is 1. The topological polar surface area (TPSA) is 74.1 Å². The molecule has 1 saturated heterocycles. The van der Waals surface area contributed by atoms with E-state index in [2.05, 4.69) is 56.5 Å². The molecule has 0 unspecified atom stereocenters. The van der Waals surface area contributed by atoms with Crippen molar-refractivity contribution in [2.24, 2.45) is 0 Å². The highest BCUT2D eigenvalue weighted by atomic mass is 79.9. The summed E-state index contributed by atoms with van der Waals surface area (Å²) in [5.74, 6) is 1.89. The summed E-state index contributed by atoms with van der Waals surface area (Å²) < 4.78 is 8.36. The predicted octanol–water partition coefficient (Wildman–Crippen LogP) is 6.81. The van der Waals surface area contributed by atoms with E-state index in [-0.39, 0.29) is 0 Å². The van der Waals surface area contributed by atoms with Gasteiger partial charge in [-0.3, -0.25) is 4.90 Å². The molecule has 8 heteroatoms. The third-order valence-corrected chi connectivity index (χ3v) is 7.72. The maximum atomic E-state index is 9.25. The first-order valence-corrected chi connectivity index (χ1v) is 13.3. The van der Waals surface area contributed by atoms with Gasteiger partial charge in [0.25, 0.3) is 0 Å². The monoisotopic (exact) mass is 547 g/mol. The molecule has 0 aliphatic carbocycles. The van der Waals surface area contributed by atoms with Gasteiger partial charge < -0.3 is 10.1 Å². The summed E-state index contributed by atoms with van der Waals surface area (Å²) in [6.07, 6.45) is 2.07. The molecular formula is C27H26BrN5OS. The molecule has 2 aromatic carbocycles. The number of fused-ring (bicyclic) bond motifs is 1. The van der Waals surface area contributed by atoms with Crippen LogP contribution in [-0.2, 0) is 6.54 Å². The molecule has 35 heavy (non-hydrogen) atoms. The SMILES string of the molecule is Cc1cc(C#N)cc(C)c1Oc1nc(NC2CCN(Cc3ccc(Br)cc3)CC2)nc2ccsc12. The van der Waals surface area contributed by atoms with Gasteiger partial charge in [0.2, 0.25) is 11.8 Å². The zero-order valence-electron chi connectivity index (χ0n) is 19.7. The van der Waals surface area contributed by atoms with Crippen molar-refractivity contribution in [2.45, 2.75) is 39.3 Å². The van der Waals surface area contributed by atoms with Gasteiger partial charge in [-0.15, -0.1) is 11.3 Å². The number of ether oxygens (including phenoxy) is 1. The molecule has 1 aliphatic rings. The number of thiophene rings is 1. The number of anilines is 1. The minimum atomic E-state index is 0.318. The van der Waals surface area contributed by atoms with E-state index >= 15 is 0 Å². The predicted molar refractivity (Wildman–Crippen MR) is 144 cm³/mol. The van der Waals surface area contributed by atoms with Crippen LogP contribution in [0.2, 0.25) is 0 Å². The van der Waals surface area contributed by atoms with E-state index in [1.54, 1.807) is 11.3 Å². The summed E-state index contributed by atoms with van der Waals surface area (Å²) in [7, 11) is 0. The number of aromatic nitrogens is 2. The summed E-state index contributed by atoms with van der Waals surface area (Å²) >= 11 is 5.07. The molecule has 1 aliphatic heterocycles. The zero-order valence-corrected chi connectivity index (χ0v) is 22.1. The van der Waals surface area contributed by atoms with Crippen molar-refractivity contribution >= 4 is 43.4 Å². The van der Waals surface area contributed by atoms with Crippen LogP contribution in [0.15, 0.2) is 52.3 Å². The Balaban J connectivity index is 1.29. The zero-order chi connectivity index (χ0) is 24.4. The molecule has 4 aromatic rings. The average Bonchev–Trinajstić information content (AvgIpc) is 3.33. The summed E-state index contributed by atoms with van der Waals surface area (Å²) in [4.78, 5) is 12.0. The minimum absolute atomic E-state index is 0.318. The summed E-state index contributed by atoms with van der Waals surface area (Å²) in [5, 5.41) is 14.8. The molecular weight excluding hydrogens is 522 g/mol. The van der Waals surface area contributed by atoms with Crippen LogP contribution in [0.4, 0.5) is 5.95 Å². The maximum absolute atomic E-state index is 9.25. The molecule has 5 rings (SSSR count). The van der Waals surface area contributed by atoms with Crippen molar-refractivity contribution in [2.75, 3.05) is 18.4 Å². The highest BCUT2D eigenvalue weighted by molar-refractivity contribution is 9.10. The summed E-state index contributed by atoms with van der Waals surface area (Å²) in [6.45, 7) is 6.94. The molecule has 0 bridgehead atoms. The number of nitriles is 1. The Bertz CT molecular complexity index is 1360. The van der Waals surface area contributed by atoms with Gasteiger partial charge in [0.15, 0.2) is 0 Å². The normalized spacial score (nSPS) is 14.7. The lowest BCUT2D eigenvalue weighted by Gasteiger charge is -2.32. The Morgan fingerprint density at radius 3 is 2.51 bits per heavy atom. The molecule has 178 valence electrons. The lowest BCUT2D eigenvalue weighted by atomic mass is 10.0. The molecule has 3 heterocycles. The van der Waals surface area contributed by atoms with E-state index in [9.17, 15) is 5.26 Å². The number of hydrogen-bond donors (Lipinski definition) is 1. The highest BCUT2D eigenvalue weighted by Gasteiger charge is 2.21. The Morgan fingerprint density at radius 2 is 1.83 bits per heavy atom. The van der Waals surface area contributed by atoms with Crippen LogP contribution >= 0.6 is 27.3 Å². The number of benzene rings is 2. The van der Waals surface area contributed by atoms with Crippen molar-refractivity contribution < 1.29 is 4.74 Å². The number of nitrogens with zero attached hydrogens (tertiary/aromatic N) is 4. The fraction of sp³-hybridized carbons (Fsp3) is 0.296. The largest absolute Gasteiger partial charge is 0.437 e. The molecule has 1 fully saturated rings. The van der Waals surface area contributed by atoms with Gasteiger partial charge in [0.05, 0.1) is 17.1 Å². The summed E-state index contributed by atoms with van der Waals surface area (Å²) in [6, 6.07) is 16.8. The van der Waals surface area contributed by atoms with E-state index in [1.165, 1.54) is 5.56 Å². The fourth-order valence-corrected chi connectivity index (χ4v) is 5.53. The van der Waals surface area contributed by atoms with Crippen LogP contribution < -0.4 is 10.1 Å². The van der Waals surface area contributed by atoms with Crippen molar-refractivity contribution in [1.82, 2.24) is 14.9 Å². The Morgan fingerprint density at radius 1 is 1.11 bits per heavy atom. The van der Waals surface area contributed by atoms with Gasteiger partial charge in [-0.25, -0.2) is 4.98 Å². The van der Waals surface area contributed by atoms with Crippen molar-refractivity contribution in [3.05, 3.63) is 74.6 Å². The Labute approximate surface area is 217 Å². The van der Waals surface area contributed by atoms with Gasteiger partial charge >= 0.3 is 0 Å². The van der Waals surface area contributed by atoms with Gasteiger partial charge in [-0.05, 0) is 79.1 Å². The fourth-order valence-electron chi connectivity index (χ4n) is 4.51. The van der Waals surface area contributed by atoms with Crippen LogP contribution in [-0.4, -0.2) is 34.0 Å². The highest BCUT2D eigenvalue weighted by Crippen LogP contribution is 2.35. The number of nitrogens with one attached hydrogen (secondary N) is 1. The lowest BCUT2D eigenvalue weighted by Crippen LogP contribution is -2.38. The number of halogens is 1. The lowest BCUT2D eigenvalue weighted by molar-refractivity contribution is 0.211. The third kappa shape index (κ3) is 5.48. The number of rotatable bonds is 6. The van der Waals surface area contributed by atoms with Crippen LogP contribution in [0.5, 0.6) is 11.6 Å². The second-order valence-electron chi connectivity index (χ2n) is 8.96. The van der Waals surface area contributed by atoms with Crippen molar-refractivity contribution in [3.8, 4) is 17.7 Å². The first-order valence-electron chi connectivity index (χ1n) is 11.7. The summed E-state index contributed by atoms with van der Waals surface area (Å²) in [5.41, 5.74) is 4.67. The van der Waals surface area contributed by atoms with E-state index < -0.39 is 0 Å². The minimum Gasteiger partial charge on any atom is -0.437 e. The van der Waals surface area contributed by atoms with Crippen LogP contribution in [0.1, 0.15) is 35.1 Å². The van der Waals surface area contributed by atoms with Crippen molar-refractivity contribution in [1.29, 1.82) is 5.26 Å². The van der Waals surface area contributed by atoms with E-state index in [1.807, 2.05) is 37.4 Å². The van der Waals surface area contributed by atoms with Gasteiger partial charge in [0, 0.05) is 30.1 Å². The quantitative estimate of drug-likeness (QED) is 0.285. The molecule has 0 spiro atoms. The smallest absolute Gasteiger partial charge is 0.242 e. The molecule has 2 aromatic heterocycles. The third-order valence-electron chi connectivity index (χ3n) is 6.30. The first-order chi connectivity index (χ1) is 17.0. The van der Waals surface area contributed by atoms with Gasteiger partial charge in [-0.1, -0.05) is 28.1 Å². The number of aryl methyl sites for hydroxylation is 2. The molecule has 0 saturated carbocycles. The maximum Gasteiger partial charge on any atom is 0.242 e. The van der Waals surface area contributed by atoms with Crippen LogP contribution in [0, 0.1) is 25.2 Å². The van der Waals surface area contributed by atoms with Crippen LogP contribution in [0.25, 0.3) is 10.2 Å². The molecule has 1 N–H and O–H groups in total. The van der Waals surface area contributed by atoms with E-state index in [4.69, 9.17) is 14.7 Å². The number of hydrogen-bond acceptors (Lipinski definition) is 7. The molecule has 6 nitrogen and oxygen atoms in total. The van der Waals surface area contributed by atoms with Crippen molar-refractivity contribution in [3.63, 3.8) is 0 Å². The standard InChI is InChI=1S/C27H26BrN5OS/c1-17-13-20(15-29)14-18(2)24(17)34-26-25-23(9-12-35-25)31-27(32-26)30-22-7-10-33(11-8-22)16-19-3-5-21(28)6-4-19/h3-6,9,12-14,22H,7-8,10-11,16H2,1-2H3,(H,30,31,32). The molecule has 0 radical (unpaired) electrons.